The van der Waals surface area contributed by atoms with Crippen LogP contribution in [-0.2, 0) is 38.6 Å². The van der Waals surface area contributed by atoms with Crippen LogP contribution < -0.4 is 14.5 Å². The number of methoxy groups -OCH3 is 1. The number of aromatic hydroxyl groups is 1. The molecule has 2 aliphatic heterocycles. The van der Waals surface area contributed by atoms with Crippen molar-refractivity contribution in [1.82, 2.24) is 9.78 Å². The van der Waals surface area contributed by atoms with Crippen molar-refractivity contribution in [3.05, 3.63) is 98.5 Å². The number of rotatable bonds is 5. The third-order valence-electron chi connectivity index (χ3n) is 12.9. The Labute approximate surface area is 362 Å². The number of hydrogen-bond acceptors (Lipinski definition) is 8. The zero-order valence-electron chi connectivity index (χ0n) is 32.8. The summed E-state index contributed by atoms with van der Waals surface area (Å²) in [4.78, 5) is 60.9. The van der Waals surface area contributed by atoms with Gasteiger partial charge >= 0.3 is 12.4 Å². The van der Waals surface area contributed by atoms with E-state index < -0.39 is 93.5 Å². The summed E-state index contributed by atoms with van der Waals surface area (Å²) in [7, 11) is 2.86. The predicted octanol–water partition coefficient (Wildman–Crippen LogP) is 10.1. The number of phenolic OH excluding ortho intramolecular Hbond substituents is 1. The molecule has 4 amide bonds. The van der Waals surface area contributed by atoms with Gasteiger partial charge in [0.25, 0.3) is 0 Å². The van der Waals surface area contributed by atoms with Crippen molar-refractivity contribution in [3.8, 4) is 22.1 Å². The summed E-state index contributed by atoms with van der Waals surface area (Å²) in [6, 6.07) is 10.5. The molecule has 0 radical (unpaired) electrons. The number of anilines is 2. The maximum atomic E-state index is 15.2. The highest BCUT2D eigenvalue weighted by Gasteiger charge is 2.68. The van der Waals surface area contributed by atoms with Crippen molar-refractivity contribution in [3.63, 3.8) is 0 Å². The van der Waals surface area contributed by atoms with Crippen LogP contribution in [0.3, 0.4) is 0 Å². The van der Waals surface area contributed by atoms with Crippen LogP contribution in [0.1, 0.15) is 47.9 Å². The minimum atomic E-state index is -5.25. The molecule has 4 aliphatic rings. The molecule has 2 saturated heterocycles. The Bertz CT molecular complexity index is 2820. The van der Waals surface area contributed by atoms with Crippen LogP contribution in [0.25, 0.3) is 20.7 Å². The third kappa shape index (κ3) is 6.08. The molecule has 19 heteroatoms. The normalized spacial score (nSPS) is 25.1. The minimum Gasteiger partial charge on any atom is -0.503 e. The van der Waals surface area contributed by atoms with E-state index in [-0.39, 0.29) is 35.5 Å². The molecule has 6 unspecified atom stereocenters. The first-order valence-electron chi connectivity index (χ1n) is 19.1. The number of hydrogen-bond donors (Lipinski definition) is 1. The third-order valence-corrected chi connectivity index (χ3v) is 14.7. The number of halogens is 8. The van der Waals surface area contributed by atoms with E-state index in [4.69, 9.17) is 33.0 Å². The predicted molar refractivity (Wildman–Crippen MR) is 217 cm³/mol. The van der Waals surface area contributed by atoms with Crippen molar-refractivity contribution >= 4 is 79.8 Å². The molecule has 3 fully saturated rings. The van der Waals surface area contributed by atoms with Gasteiger partial charge in [-0.25, -0.2) is 9.80 Å². The molecule has 1 N–H and O–H groups in total. The van der Waals surface area contributed by atoms with Crippen molar-refractivity contribution in [2.24, 2.45) is 36.1 Å². The van der Waals surface area contributed by atoms with E-state index >= 15 is 4.79 Å². The molecule has 5 aromatic rings. The summed E-state index contributed by atoms with van der Waals surface area (Å²) in [5.41, 5.74) is -3.82. The zero-order chi connectivity index (χ0) is 44.7. The number of allylic oxidation sites excluding steroid dienone is 2. The fraction of sp³-hybridized carbons (Fsp3) is 0.326. The van der Waals surface area contributed by atoms with Gasteiger partial charge in [-0.15, -0.1) is 11.3 Å². The summed E-state index contributed by atoms with van der Waals surface area (Å²) < 4.78 is 91.4. The molecule has 9 rings (SSSR count). The number of thiophene rings is 1. The Morgan fingerprint density at radius 1 is 0.887 bits per heavy atom. The molecule has 1 saturated carbocycles. The lowest BCUT2D eigenvalue weighted by atomic mass is 9.51. The zero-order valence-corrected chi connectivity index (χ0v) is 35.1. The Balaban J connectivity index is 1.16. The first-order chi connectivity index (χ1) is 29.1. The number of fused-ring (bicyclic) bond motifs is 5. The van der Waals surface area contributed by atoms with E-state index in [0.29, 0.717) is 38.9 Å². The highest BCUT2D eigenvalue weighted by Crippen LogP contribution is 2.64. The molecule has 2 aromatic heterocycles. The molecule has 0 bridgehead atoms. The van der Waals surface area contributed by atoms with Gasteiger partial charge in [-0.05, 0) is 97.7 Å². The van der Waals surface area contributed by atoms with Crippen molar-refractivity contribution in [1.29, 1.82) is 0 Å². The Morgan fingerprint density at radius 3 is 2.21 bits per heavy atom. The number of nitrogens with zero attached hydrogens (tertiary/aromatic N) is 4. The van der Waals surface area contributed by atoms with Crippen LogP contribution >= 0.6 is 34.5 Å². The lowest BCUT2D eigenvalue weighted by Gasteiger charge is -2.49. The summed E-state index contributed by atoms with van der Waals surface area (Å²) in [6.07, 6.45) is -9.21. The first-order valence-corrected chi connectivity index (χ1v) is 20.7. The fourth-order valence-electron chi connectivity index (χ4n) is 10.1. The second-order valence-corrected chi connectivity index (χ2v) is 18.1. The van der Waals surface area contributed by atoms with Crippen LogP contribution in [0.2, 0.25) is 10.0 Å². The van der Waals surface area contributed by atoms with Gasteiger partial charge in [-0.2, -0.15) is 31.4 Å². The molecular formula is C43H32Cl2F6N4O6S. The van der Waals surface area contributed by atoms with E-state index in [9.17, 15) is 45.8 Å². The fourth-order valence-corrected chi connectivity index (χ4v) is 11.6. The number of amides is 4. The van der Waals surface area contributed by atoms with Crippen LogP contribution in [0, 0.1) is 36.0 Å². The quantitative estimate of drug-likeness (QED) is 0.106. The number of benzene rings is 3. The van der Waals surface area contributed by atoms with Gasteiger partial charge in [0.1, 0.15) is 11.5 Å². The maximum Gasteiger partial charge on any atom is 0.416 e. The summed E-state index contributed by atoms with van der Waals surface area (Å²) in [6.45, 7) is 3.51. The van der Waals surface area contributed by atoms with Crippen molar-refractivity contribution in [2.45, 2.75) is 45.0 Å². The molecule has 4 heterocycles. The second kappa shape index (κ2) is 14.1. The SMILES string of the molecule is COc1cc(C2C3=CCC4C(=O)N(c5cc(C(F)(F)F)cc(C(F)(F)F)c5)C(=O)C4C3CC3C(=O)N(c4cc(-c5sc6ccc(Cl)cc6c5C)nn4C)C(=O)C32C)cc(Cl)c1O. The van der Waals surface area contributed by atoms with Crippen LogP contribution in [0.5, 0.6) is 11.5 Å². The molecule has 322 valence electrons. The molecule has 3 aromatic carbocycles. The first kappa shape index (κ1) is 41.9. The van der Waals surface area contributed by atoms with Gasteiger partial charge in [-0.1, -0.05) is 34.9 Å². The maximum absolute atomic E-state index is 15.2. The number of imide groups is 2. The van der Waals surface area contributed by atoms with E-state index in [2.05, 4.69) is 0 Å². The summed E-state index contributed by atoms with van der Waals surface area (Å²) in [5, 5.41) is 16.7. The van der Waals surface area contributed by atoms with Crippen LogP contribution in [0.15, 0.2) is 66.2 Å². The van der Waals surface area contributed by atoms with Gasteiger partial charge in [0.05, 0.1) is 57.0 Å². The standard InChI is InChI=1S/C43H32Cl2F6N4O6S/c1-17-25-14-21(44)5-8-31(25)62-36(17)29-16-32(53(3)52-29)55-38(58)27-15-26-23(34(41(27,2)40(55)60)18-9-28(45)35(56)30(10-18)61-4)6-7-24-33(26)39(59)54(37(24)57)22-12-19(42(46,47)48)11-20(13-22)43(49,50)51/h5-6,8-14,16,24,26-27,33-34,56H,7,15H2,1-4H3. The van der Waals surface area contributed by atoms with Crippen LogP contribution in [0.4, 0.5) is 37.8 Å². The minimum absolute atomic E-state index is 0.0720. The highest BCUT2D eigenvalue weighted by atomic mass is 35.5. The molecule has 6 atom stereocenters. The number of carbonyl (C=O) groups excluding carboxylic acids is 4. The Hall–Kier alpha value is -5.39. The Kier molecular flexibility index (Phi) is 9.51. The number of phenols is 1. The van der Waals surface area contributed by atoms with Gasteiger partial charge in [0.2, 0.25) is 23.6 Å². The summed E-state index contributed by atoms with van der Waals surface area (Å²) in [5.74, 6) is -9.48. The number of ether oxygens (including phenoxy) is 1. The highest BCUT2D eigenvalue weighted by molar-refractivity contribution is 7.22. The number of aryl methyl sites for hydroxylation is 2. The Morgan fingerprint density at radius 2 is 1.56 bits per heavy atom. The average molecular weight is 918 g/mol. The number of carbonyl (C=O) groups is 4. The van der Waals surface area contributed by atoms with Gasteiger partial charge in [-0.3, -0.25) is 23.9 Å². The molecule has 0 spiro atoms. The topological polar surface area (TPSA) is 122 Å². The molecular weight excluding hydrogens is 885 g/mol. The van der Waals surface area contributed by atoms with E-state index in [1.54, 1.807) is 32.2 Å². The lowest BCUT2D eigenvalue weighted by Crippen LogP contribution is -2.49. The van der Waals surface area contributed by atoms with Gasteiger partial charge in [0.15, 0.2) is 11.5 Å². The number of alkyl halides is 6. The second-order valence-electron chi connectivity index (χ2n) is 16.2. The average Bonchev–Trinajstić information content (AvgIpc) is 3.88. The van der Waals surface area contributed by atoms with E-state index in [1.165, 1.54) is 35.3 Å². The monoisotopic (exact) mass is 916 g/mol. The van der Waals surface area contributed by atoms with Gasteiger partial charge in [0, 0.05) is 28.8 Å². The largest absolute Gasteiger partial charge is 0.503 e. The molecule has 2 aliphatic carbocycles. The smallest absolute Gasteiger partial charge is 0.416 e. The molecule has 62 heavy (non-hydrogen) atoms. The van der Waals surface area contributed by atoms with Gasteiger partial charge < -0.3 is 9.84 Å². The van der Waals surface area contributed by atoms with Crippen molar-refractivity contribution < 1.29 is 55.4 Å². The van der Waals surface area contributed by atoms with Crippen LogP contribution in [-0.4, -0.2) is 45.6 Å². The number of aromatic nitrogens is 2. The summed E-state index contributed by atoms with van der Waals surface area (Å²) >= 11 is 14.2. The lowest BCUT2D eigenvalue weighted by molar-refractivity contribution is -0.143. The van der Waals surface area contributed by atoms with Crippen molar-refractivity contribution in [2.75, 3.05) is 16.9 Å². The molecule has 10 nitrogen and oxygen atoms in total. The van der Waals surface area contributed by atoms with E-state index in [0.717, 1.165) is 25.4 Å². The van der Waals surface area contributed by atoms with E-state index in [1.807, 2.05) is 19.1 Å².